The van der Waals surface area contributed by atoms with Gasteiger partial charge in [0, 0.05) is 24.7 Å². The van der Waals surface area contributed by atoms with E-state index >= 15 is 0 Å². The molecule has 0 amide bonds. The fourth-order valence-corrected chi connectivity index (χ4v) is 1.84. The summed E-state index contributed by atoms with van der Waals surface area (Å²) in [5.74, 6) is 0.852. The first-order chi connectivity index (χ1) is 9.74. The molecule has 0 unspecified atom stereocenters. The van der Waals surface area contributed by atoms with E-state index in [-0.39, 0.29) is 5.56 Å². The predicted molar refractivity (Wildman–Crippen MR) is 72.3 cm³/mol. The maximum absolute atomic E-state index is 11.7. The number of methoxy groups -OCH3 is 1. The molecule has 3 rings (SSSR count). The summed E-state index contributed by atoms with van der Waals surface area (Å²) in [6.45, 7) is 0.587. The molecule has 1 fully saturated rings. The lowest BCUT2D eigenvalue weighted by molar-refractivity contribution is 0.397. The monoisotopic (exact) mass is 273 g/mol. The van der Waals surface area contributed by atoms with E-state index < -0.39 is 0 Å². The standard InChI is InChI=1S/C13H15N5O2/c1-20-12-5-10(15-7-16-12)13-17-9(4-11(19)18-13)6-14-8-2-3-8/h4-5,7-8,14H,2-3,6H2,1H3,(H,17,18,19). The highest BCUT2D eigenvalue weighted by atomic mass is 16.5. The zero-order valence-corrected chi connectivity index (χ0v) is 11.1. The molecule has 0 radical (unpaired) electrons. The van der Waals surface area contributed by atoms with Gasteiger partial charge in [0.25, 0.3) is 5.56 Å². The molecule has 2 N–H and O–H groups in total. The molecule has 20 heavy (non-hydrogen) atoms. The third-order valence-electron chi connectivity index (χ3n) is 3.04. The Hall–Kier alpha value is -2.28. The Morgan fingerprint density at radius 1 is 1.40 bits per heavy atom. The van der Waals surface area contributed by atoms with Crippen LogP contribution in [0.2, 0.25) is 0 Å². The minimum Gasteiger partial charge on any atom is -0.481 e. The number of nitrogens with zero attached hydrogens (tertiary/aromatic N) is 3. The van der Waals surface area contributed by atoms with Crippen LogP contribution in [0.15, 0.2) is 23.3 Å². The van der Waals surface area contributed by atoms with Gasteiger partial charge in [-0.2, -0.15) is 0 Å². The van der Waals surface area contributed by atoms with Crippen molar-refractivity contribution in [3.8, 4) is 17.4 Å². The van der Waals surface area contributed by atoms with Crippen LogP contribution in [0, 0.1) is 0 Å². The number of hydrogen-bond donors (Lipinski definition) is 2. The second-order valence-electron chi connectivity index (χ2n) is 4.69. The van der Waals surface area contributed by atoms with Crippen LogP contribution in [0.3, 0.4) is 0 Å². The van der Waals surface area contributed by atoms with E-state index in [0.717, 1.165) is 0 Å². The first-order valence-corrected chi connectivity index (χ1v) is 6.44. The van der Waals surface area contributed by atoms with Gasteiger partial charge in [-0.1, -0.05) is 0 Å². The Morgan fingerprint density at radius 3 is 3.00 bits per heavy atom. The number of aromatic nitrogens is 4. The Kier molecular flexibility index (Phi) is 3.42. The van der Waals surface area contributed by atoms with Crippen LogP contribution >= 0.6 is 0 Å². The highest BCUT2D eigenvalue weighted by Crippen LogP contribution is 2.19. The van der Waals surface area contributed by atoms with Crippen molar-refractivity contribution in [2.45, 2.75) is 25.4 Å². The largest absolute Gasteiger partial charge is 0.481 e. The fourth-order valence-electron chi connectivity index (χ4n) is 1.84. The molecule has 0 bridgehead atoms. The summed E-state index contributed by atoms with van der Waals surface area (Å²) < 4.78 is 5.04. The lowest BCUT2D eigenvalue weighted by Gasteiger charge is -2.05. The van der Waals surface area contributed by atoms with Gasteiger partial charge in [0.1, 0.15) is 12.0 Å². The van der Waals surface area contributed by atoms with Crippen LogP contribution in [-0.2, 0) is 6.54 Å². The first-order valence-electron chi connectivity index (χ1n) is 6.44. The summed E-state index contributed by atoms with van der Waals surface area (Å²) in [5.41, 5.74) is 1.04. The number of H-pyrrole nitrogens is 1. The Bertz CT molecular complexity index is 666. The molecule has 1 aliphatic rings. The molecule has 1 aliphatic carbocycles. The van der Waals surface area contributed by atoms with Gasteiger partial charge in [0.05, 0.1) is 12.8 Å². The lowest BCUT2D eigenvalue weighted by Crippen LogP contribution is -2.19. The molecule has 104 valence electrons. The SMILES string of the molecule is COc1cc(-c2nc(CNC3CC3)cc(=O)[nH]2)ncn1. The second kappa shape index (κ2) is 5.38. The highest BCUT2D eigenvalue weighted by Gasteiger charge is 2.20. The lowest BCUT2D eigenvalue weighted by atomic mass is 10.3. The van der Waals surface area contributed by atoms with E-state index in [2.05, 4.69) is 25.3 Å². The smallest absolute Gasteiger partial charge is 0.251 e. The number of rotatable bonds is 5. The fraction of sp³-hybridized carbons (Fsp3) is 0.385. The van der Waals surface area contributed by atoms with Crippen LogP contribution in [-0.4, -0.2) is 33.1 Å². The van der Waals surface area contributed by atoms with Gasteiger partial charge < -0.3 is 15.0 Å². The van der Waals surface area contributed by atoms with Crippen molar-refractivity contribution in [3.05, 3.63) is 34.5 Å². The minimum absolute atomic E-state index is 0.194. The van der Waals surface area contributed by atoms with Crippen LogP contribution in [0.1, 0.15) is 18.5 Å². The normalized spacial score (nSPS) is 14.2. The van der Waals surface area contributed by atoms with Crippen LogP contribution < -0.4 is 15.6 Å². The molecular formula is C13H15N5O2. The third kappa shape index (κ3) is 3.00. The Labute approximate surface area is 115 Å². The molecule has 7 heteroatoms. The van der Waals surface area contributed by atoms with E-state index in [1.807, 2.05) is 0 Å². The summed E-state index contributed by atoms with van der Waals surface area (Å²) in [5, 5.41) is 3.33. The number of aromatic amines is 1. The average Bonchev–Trinajstić information content (AvgIpc) is 3.29. The summed E-state index contributed by atoms with van der Waals surface area (Å²) in [7, 11) is 1.53. The zero-order chi connectivity index (χ0) is 13.9. The predicted octanol–water partition coefficient (Wildman–Crippen LogP) is 0.487. The Balaban J connectivity index is 1.88. The van der Waals surface area contributed by atoms with Crippen LogP contribution in [0.5, 0.6) is 5.88 Å². The minimum atomic E-state index is -0.194. The van der Waals surface area contributed by atoms with Gasteiger partial charge >= 0.3 is 0 Å². The van der Waals surface area contributed by atoms with E-state index in [4.69, 9.17) is 4.74 Å². The van der Waals surface area contributed by atoms with Crippen molar-refractivity contribution in [1.29, 1.82) is 0 Å². The summed E-state index contributed by atoms with van der Waals surface area (Å²) >= 11 is 0. The molecule has 0 aliphatic heterocycles. The molecule has 1 saturated carbocycles. The number of nitrogens with one attached hydrogen (secondary N) is 2. The molecule has 0 spiro atoms. The van der Waals surface area contributed by atoms with Crippen LogP contribution in [0.25, 0.3) is 11.5 Å². The topological polar surface area (TPSA) is 92.8 Å². The van der Waals surface area contributed by atoms with Crippen molar-refractivity contribution in [2.24, 2.45) is 0 Å². The van der Waals surface area contributed by atoms with Crippen molar-refractivity contribution < 1.29 is 4.74 Å². The maximum Gasteiger partial charge on any atom is 0.251 e. The van der Waals surface area contributed by atoms with Crippen LogP contribution in [0.4, 0.5) is 0 Å². The molecule has 0 aromatic carbocycles. The van der Waals surface area contributed by atoms with Crippen molar-refractivity contribution in [2.75, 3.05) is 7.11 Å². The molecule has 2 aromatic rings. The van der Waals surface area contributed by atoms with Crippen molar-refractivity contribution in [3.63, 3.8) is 0 Å². The van der Waals surface area contributed by atoms with Gasteiger partial charge in [-0.25, -0.2) is 15.0 Å². The molecule has 0 atom stereocenters. The van der Waals surface area contributed by atoms with Gasteiger partial charge in [-0.15, -0.1) is 0 Å². The molecule has 2 heterocycles. The second-order valence-corrected chi connectivity index (χ2v) is 4.69. The first kappa shape index (κ1) is 12.7. The molecular weight excluding hydrogens is 258 g/mol. The molecule has 7 nitrogen and oxygen atoms in total. The van der Waals surface area contributed by atoms with Gasteiger partial charge in [0.2, 0.25) is 5.88 Å². The van der Waals surface area contributed by atoms with E-state index in [1.165, 1.54) is 32.3 Å². The summed E-state index contributed by atoms with van der Waals surface area (Å²) in [4.78, 5) is 26.8. The van der Waals surface area contributed by atoms with Crippen molar-refractivity contribution in [1.82, 2.24) is 25.3 Å². The Morgan fingerprint density at radius 2 is 2.25 bits per heavy atom. The third-order valence-corrected chi connectivity index (χ3v) is 3.04. The number of ether oxygens (including phenoxy) is 1. The van der Waals surface area contributed by atoms with Gasteiger partial charge in [-0.05, 0) is 12.8 Å². The molecule has 0 saturated heterocycles. The van der Waals surface area contributed by atoms with E-state index in [0.29, 0.717) is 35.7 Å². The maximum atomic E-state index is 11.7. The van der Waals surface area contributed by atoms with Gasteiger partial charge in [0.15, 0.2) is 5.82 Å². The average molecular weight is 273 g/mol. The molecule has 2 aromatic heterocycles. The van der Waals surface area contributed by atoms with Gasteiger partial charge in [-0.3, -0.25) is 4.79 Å². The summed E-state index contributed by atoms with van der Waals surface area (Å²) in [6.07, 6.45) is 3.77. The summed E-state index contributed by atoms with van der Waals surface area (Å²) in [6, 6.07) is 3.70. The zero-order valence-electron chi connectivity index (χ0n) is 11.1. The van der Waals surface area contributed by atoms with E-state index in [1.54, 1.807) is 6.07 Å². The highest BCUT2D eigenvalue weighted by molar-refractivity contribution is 5.49. The van der Waals surface area contributed by atoms with E-state index in [9.17, 15) is 4.79 Å². The number of hydrogen-bond acceptors (Lipinski definition) is 6. The van der Waals surface area contributed by atoms with Crippen molar-refractivity contribution >= 4 is 0 Å². The quantitative estimate of drug-likeness (QED) is 0.823.